The molecule has 0 unspecified atom stereocenters. The van der Waals surface area contributed by atoms with Crippen molar-refractivity contribution in [2.45, 2.75) is 30.8 Å². The van der Waals surface area contributed by atoms with E-state index in [-0.39, 0.29) is 10.7 Å². The molecule has 0 bridgehead atoms. The number of methoxy groups -OCH3 is 1. The molecular weight excluding hydrogens is 316 g/mol. The van der Waals surface area contributed by atoms with E-state index in [1.54, 1.807) is 12.1 Å². The predicted octanol–water partition coefficient (Wildman–Crippen LogP) is 4.19. The maximum absolute atomic E-state index is 11.6. The Balaban J connectivity index is 3.02. The molecule has 3 nitrogen and oxygen atoms in total. The molecule has 0 heterocycles. The zero-order chi connectivity index (χ0) is 13.8. The quantitative estimate of drug-likeness (QED) is 0.470. The number of esters is 1. The highest BCUT2D eigenvalue weighted by Crippen LogP contribution is 2.32. The van der Waals surface area contributed by atoms with Gasteiger partial charge in [0, 0.05) is 15.6 Å². The molecule has 0 spiro atoms. The monoisotopic (exact) mass is 332 g/mol. The van der Waals surface area contributed by atoms with Gasteiger partial charge in [0.15, 0.2) is 0 Å². The molecule has 18 heavy (non-hydrogen) atoms. The third kappa shape index (κ3) is 4.21. The maximum Gasteiger partial charge on any atom is 0.338 e. The minimum absolute atomic E-state index is 0.00907. The average Bonchev–Trinajstić information content (AvgIpc) is 2.33. The minimum Gasteiger partial charge on any atom is -0.465 e. The second-order valence-electron chi connectivity index (χ2n) is 4.69. The summed E-state index contributed by atoms with van der Waals surface area (Å²) in [6.07, 6.45) is 0. The molecule has 0 fully saturated rings. The van der Waals surface area contributed by atoms with Crippen LogP contribution in [0.25, 0.3) is 0 Å². The summed E-state index contributed by atoms with van der Waals surface area (Å²) in [5, 5.41) is 0.540. The molecule has 0 aliphatic rings. The van der Waals surface area contributed by atoms with Gasteiger partial charge in [-0.3, -0.25) is 0 Å². The van der Waals surface area contributed by atoms with Crippen LogP contribution in [0.15, 0.2) is 18.2 Å². The Bertz CT molecular complexity index is 427. The molecule has 0 amide bonds. The van der Waals surface area contributed by atoms with Gasteiger partial charge in [0.1, 0.15) is 5.75 Å². The van der Waals surface area contributed by atoms with Crippen LogP contribution in [0, 0.1) is 0 Å². The highest BCUT2D eigenvalue weighted by Gasteiger charge is 2.18. The number of alkyl halides is 1. The van der Waals surface area contributed by atoms with Crippen molar-refractivity contribution in [3.05, 3.63) is 29.3 Å². The molecule has 0 atom stereocenters. The van der Waals surface area contributed by atoms with E-state index in [9.17, 15) is 4.79 Å². The number of carbonyl (C=O) groups is 1. The third-order valence-electron chi connectivity index (χ3n) is 2.05. The largest absolute Gasteiger partial charge is 0.465 e. The van der Waals surface area contributed by atoms with Gasteiger partial charge < -0.3 is 8.92 Å². The smallest absolute Gasteiger partial charge is 0.338 e. The lowest BCUT2D eigenvalue weighted by Crippen LogP contribution is -2.11. The van der Waals surface area contributed by atoms with Gasteiger partial charge in [-0.05, 0) is 32.9 Å². The molecule has 0 aromatic heterocycles. The van der Waals surface area contributed by atoms with Crippen molar-refractivity contribution in [2.24, 2.45) is 0 Å². The van der Waals surface area contributed by atoms with E-state index >= 15 is 0 Å². The van der Waals surface area contributed by atoms with Crippen LogP contribution >= 0.6 is 28.0 Å². The van der Waals surface area contributed by atoms with Gasteiger partial charge in [0.2, 0.25) is 0 Å². The number of halogens is 1. The Morgan fingerprint density at radius 2 is 2.06 bits per heavy atom. The van der Waals surface area contributed by atoms with Gasteiger partial charge in [0.25, 0.3) is 0 Å². The minimum atomic E-state index is -0.351. The topological polar surface area (TPSA) is 35.5 Å². The van der Waals surface area contributed by atoms with E-state index in [0.717, 1.165) is 5.56 Å². The lowest BCUT2D eigenvalue weighted by Gasteiger charge is -2.18. The molecule has 100 valence electrons. The highest BCUT2D eigenvalue weighted by atomic mass is 79.9. The van der Waals surface area contributed by atoms with Crippen molar-refractivity contribution in [1.29, 1.82) is 0 Å². The lowest BCUT2D eigenvalue weighted by atomic mass is 10.1. The van der Waals surface area contributed by atoms with E-state index in [1.165, 1.54) is 19.2 Å². The number of benzene rings is 1. The highest BCUT2D eigenvalue weighted by molar-refractivity contribution is 9.08. The normalized spacial score (nSPS) is 11.2. The molecule has 0 saturated heterocycles. The first-order valence-electron chi connectivity index (χ1n) is 5.51. The summed E-state index contributed by atoms with van der Waals surface area (Å²) in [4.78, 5) is 11.6. The Labute approximate surface area is 121 Å². The second kappa shape index (κ2) is 6.48. The molecule has 0 radical (unpaired) electrons. The van der Waals surface area contributed by atoms with E-state index < -0.39 is 0 Å². The van der Waals surface area contributed by atoms with Crippen LogP contribution in [0.5, 0.6) is 5.75 Å². The molecule has 0 aliphatic carbocycles. The number of hydrogen-bond acceptors (Lipinski definition) is 4. The Morgan fingerprint density at radius 1 is 1.39 bits per heavy atom. The number of carbonyl (C=O) groups excluding carboxylic acids is 1. The van der Waals surface area contributed by atoms with Crippen molar-refractivity contribution in [3.63, 3.8) is 0 Å². The summed E-state index contributed by atoms with van der Waals surface area (Å²) < 4.78 is 10.5. The van der Waals surface area contributed by atoms with Crippen LogP contribution in [0.1, 0.15) is 36.7 Å². The van der Waals surface area contributed by atoms with E-state index in [1.807, 2.05) is 6.07 Å². The fourth-order valence-electron chi connectivity index (χ4n) is 1.25. The first kappa shape index (κ1) is 15.4. The van der Waals surface area contributed by atoms with Crippen LogP contribution in [-0.2, 0) is 10.1 Å². The molecule has 0 saturated carbocycles. The number of rotatable bonds is 4. The molecule has 5 heteroatoms. The predicted molar refractivity (Wildman–Crippen MR) is 78.4 cm³/mol. The van der Waals surface area contributed by atoms with Gasteiger partial charge in [-0.25, -0.2) is 4.79 Å². The number of ether oxygens (including phenoxy) is 1. The SMILES string of the molecule is COC(=O)c1cccc(OSC(C)(C)C)c1CBr. The van der Waals surface area contributed by atoms with Crippen molar-refractivity contribution < 1.29 is 13.7 Å². The fourth-order valence-corrected chi connectivity index (χ4v) is 2.33. The first-order chi connectivity index (χ1) is 8.39. The van der Waals surface area contributed by atoms with Crippen LogP contribution in [0.3, 0.4) is 0 Å². The van der Waals surface area contributed by atoms with Crippen LogP contribution in [0.4, 0.5) is 0 Å². The maximum atomic E-state index is 11.6. The van der Waals surface area contributed by atoms with Gasteiger partial charge in [-0.2, -0.15) is 0 Å². The summed E-state index contributed by atoms with van der Waals surface area (Å²) in [6.45, 7) is 6.20. The van der Waals surface area contributed by atoms with Gasteiger partial charge in [-0.1, -0.05) is 22.0 Å². The average molecular weight is 333 g/mol. The Kier molecular flexibility index (Phi) is 5.53. The van der Waals surface area contributed by atoms with Gasteiger partial charge in [0.05, 0.1) is 24.7 Å². The lowest BCUT2D eigenvalue weighted by molar-refractivity contribution is 0.0599. The van der Waals surface area contributed by atoms with E-state index in [2.05, 4.69) is 36.7 Å². The van der Waals surface area contributed by atoms with Crippen LogP contribution < -0.4 is 4.18 Å². The van der Waals surface area contributed by atoms with Crippen LogP contribution in [0.2, 0.25) is 0 Å². The molecule has 1 aromatic rings. The molecule has 0 N–H and O–H groups in total. The van der Waals surface area contributed by atoms with Crippen molar-refractivity contribution in [3.8, 4) is 5.75 Å². The molecular formula is C13H17BrO3S. The Hall–Kier alpha value is -0.680. The second-order valence-corrected chi connectivity index (χ2v) is 6.81. The van der Waals surface area contributed by atoms with Gasteiger partial charge in [-0.15, -0.1) is 0 Å². The fraction of sp³-hybridized carbons (Fsp3) is 0.462. The van der Waals surface area contributed by atoms with E-state index in [0.29, 0.717) is 16.6 Å². The third-order valence-corrected chi connectivity index (χ3v) is 3.38. The standard InChI is InChI=1S/C13H17BrO3S/c1-13(2,3)18-17-11-7-5-6-9(10(11)8-14)12(15)16-4/h5-7H,8H2,1-4H3. The van der Waals surface area contributed by atoms with Crippen molar-refractivity contribution in [2.75, 3.05) is 7.11 Å². The first-order valence-corrected chi connectivity index (χ1v) is 7.37. The van der Waals surface area contributed by atoms with Crippen LogP contribution in [-0.4, -0.2) is 17.8 Å². The summed E-state index contributed by atoms with van der Waals surface area (Å²) in [5.74, 6) is 0.338. The Morgan fingerprint density at radius 3 is 2.56 bits per heavy atom. The summed E-state index contributed by atoms with van der Waals surface area (Å²) in [7, 11) is 1.37. The molecule has 0 aliphatic heterocycles. The number of hydrogen-bond donors (Lipinski definition) is 0. The summed E-state index contributed by atoms with van der Waals surface area (Å²) >= 11 is 4.75. The molecule has 1 rings (SSSR count). The van der Waals surface area contributed by atoms with Crippen molar-refractivity contribution in [1.82, 2.24) is 0 Å². The zero-order valence-electron chi connectivity index (χ0n) is 11.0. The van der Waals surface area contributed by atoms with Crippen molar-refractivity contribution >= 4 is 33.9 Å². The zero-order valence-corrected chi connectivity index (χ0v) is 13.4. The van der Waals surface area contributed by atoms with Gasteiger partial charge >= 0.3 is 5.97 Å². The summed E-state index contributed by atoms with van der Waals surface area (Å²) in [6, 6.07) is 5.37. The van der Waals surface area contributed by atoms with E-state index in [4.69, 9.17) is 8.92 Å². The summed E-state index contributed by atoms with van der Waals surface area (Å²) in [5.41, 5.74) is 1.34. The molecule has 1 aromatic carbocycles.